The van der Waals surface area contributed by atoms with E-state index in [1.54, 1.807) is 25.5 Å². The third-order valence-corrected chi connectivity index (χ3v) is 7.35. The topological polar surface area (TPSA) is 99.6 Å². The minimum atomic E-state index is -3.76. The molecule has 3 atom stereocenters. The van der Waals surface area contributed by atoms with Crippen molar-refractivity contribution in [1.82, 2.24) is 19.4 Å². The summed E-state index contributed by atoms with van der Waals surface area (Å²) in [6.45, 7) is 5.58. The molecular formula is C18H21F3N6O3S. The van der Waals surface area contributed by atoms with Crippen molar-refractivity contribution in [3.05, 3.63) is 41.5 Å². The van der Waals surface area contributed by atoms with Crippen molar-refractivity contribution in [3.63, 3.8) is 0 Å². The van der Waals surface area contributed by atoms with Crippen molar-refractivity contribution in [2.24, 2.45) is 0 Å². The number of fused-ring (bicyclic) bond motifs is 1. The van der Waals surface area contributed by atoms with Gasteiger partial charge in [-0.2, -0.15) is 18.2 Å². The summed E-state index contributed by atoms with van der Waals surface area (Å²) < 4.78 is 70.7. The van der Waals surface area contributed by atoms with Gasteiger partial charge in [0.1, 0.15) is 0 Å². The Labute approximate surface area is 177 Å². The zero-order chi connectivity index (χ0) is 22.7. The van der Waals surface area contributed by atoms with E-state index in [1.807, 2.05) is 0 Å². The van der Waals surface area contributed by atoms with Gasteiger partial charge in [-0.25, -0.2) is 22.3 Å². The van der Waals surface area contributed by atoms with Crippen LogP contribution in [-0.2, 0) is 23.3 Å². The van der Waals surface area contributed by atoms with Crippen molar-refractivity contribution >= 4 is 27.6 Å². The van der Waals surface area contributed by atoms with Crippen LogP contribution < -0.4 is 14.3 Å². The number of hydrogen-bond donors (Lipinski definition) is 2. The molecule has 3 heterocycles. The highest BCUT2D eigenvalue weighted by molar-refractivity contribution is 7.91. The number of carbonyl (C=O) groups excluding carboxylic acids is 1. The number of hydrogen-bond acceptors (Lipinski definition) is 4. The molecule has 9 nitrogen and oxygen atoms in total. The first-order valence-corrected chi connectivity index (χ1v) is 11.0. The second-order valence-corrected chi connectivity index (χ2v) is 9.35. The van der Waals surface area contributed by atoms with Gasteiger partial charge in [0.05, 0.1) is 42.8 Å². The smallest absolute Gasteiger partial charge is 0.314 e. The van der Waals surface area contributed by atoms with Crippen LogP contribution in [-0.4, -0.2) is 47.3 Å². The van der Waals surface area contributed by atoms with Crippen molar-refractivity contribution in [1.29, 1.82) is 0 Å². The predicted molar refractivity (Wildman–Crippen MR) is 106 cm³/mol. The summed E-state index contributed by atoms with van der Waals surface area (Å²) in [5, 5.41) is 6.63. The summed E-state index contributed by atoms with van der Waals surface area (Å²) in [6.07, 6.45) is 1.45. The second-order valence-electron chi connectivity index (χ2n) is 7.77. The fourth-order valence-corrected chi connectivity index (χ4v) is 5.64. The monoisotopic (exact) mass is 458 g/mol. The average Bonchev–Trinajstić information content (AvgIpc) is 3.15. The van der Waals surface area contributed by atoms with Crippen molar-refractivity contribution in [2.75, 3.05) is 9.62 Å². The van der Waals surface area contributed by atoms with Gasteiger partial charge in [-0.1, -0.05) is 0 Å². The molecule has 1 saturated heterocycles. The van der Waals surface area contributed by atoms with E-state index in [4.69, 9.17) is 0 Å². The molecule has 2 aliphatic heterocycles. The number of nitrogens with one attached hydrogen (secondary N) is 2. The van der Waals surface area contributed by atoms with E-state index >= 15 is 0 Å². The first-order valence-electron chi connectivity index (χ1n) is 9.58. The lowest BCUT2D eigenvalue weighted by atomic mass is 10.1. The molecule has 31 heavy (non-hydrogen) atoms. The zero-order valence-corrected chi connectivity index (χ0v) is 17.8. The van der Waals surface area contributed by atoms with Crippen LogP contribution in [0, 0.1) is 17.5 Å². The highest BCUT2D eigenvalue weighted by Gasteiger charge is 2.43. The number of nitrogens with zero attached hydrogens (tertiary/aromatic N) is 4. The van der Waals surface area contributed by atoms with Crippen LogP contribution in [0.15, 0.2) is 18.3 Å². The van der Waals surface area contributed by atoms with Gasteiger partial charge in [-0.15, -0.1) is 0 Å². The number of carbonyl (C=O) groups is 1. The number of halogens is 3. The standard InChI is InChI=1S/C18H21F3N6O3S/c1-9-7-26-16(15(6-22-26)27-11(3)10(2)24-31(27,29)30)8-25(9)18(28)23-12-4-13(19)17(21)14(20)5-12/h4-6,9-11,24H,7-8H2,1-3H3,(H,23,28)/t9-,10?,11-/m0/s1. The lowest BCUT2D eigenvalue weighted by Gasteiger charge is -2.35. The molecule has 2 aliphatic rings. The summed E-state index contributed by atoms with van der Waals surface area (Å²) in [5.74, 6) is -4.46. The van der Waals surface area contributed by atoms with E-state index in [0.717, 1.165) is 0 Å². The van der Waals surface area contributed by atoms with Crippen LogP contribution in [0.25, 0.3) is 0 Å². The normalized spacial score (nSPS) is 24.9. The Kier molecular flexibility index (Phi) is 5.12. The molecule has 1 aromatic heterocycles. The minimum absolute atomic E-state index is 0.0155. The molecule has 1 aromatic carbocycles. The fourth-order valence-electron chi connectivity index (χ4n) is 3.83. The van der Waals surface area contributed by atoms with Gasteiger partial charge in [0.25, 0.3) is 0 Å². The van der Waals surface area contributed by atoms with Crippen LogP contribution in [0.3, 0.4) is 0 Å². The third-order valence-electron chi connectivity index (χ3n) is 5.64. The fraction of sp³-hybridized carbons (Fsp3) is 0.444. The summed E-state index contributed by atoms with van der Waals surface area (Å²) >= 11 is 0. The van der Waals surface area contributed by atoms with Gasteiger partial charge in [-0.05, 0) is 20.8 Å². The molecule has 13 heteroatoms. The molecule has 0 aliphatic carbocycles. The Morgan fingerprint density at radius 3 is 2.42 bits per heavy atom. The lowest BCUT2D eigenvalue weighted by Crippen LogP contribution is -2.47. The molecule has 1 fully saturated rings. The summed E-state index contributed by atoms with van der Waals surface area (Å²) in [7, 11) is -3.76. The van der Waals surface area contributed by atoms with Gasteiger partial charge in [0.2, 0.25) is 0 Å². The van der Waals surface area contributed by atoms with E-state index in [2.05, 4.69) is 15.1 Å². The maximum absolute atomic E-state index is 13.5. The van der Waals surface area contributed by atoms with Gasteiger partial charge < -0.3 is 10.2 Å². The SMILES string of the molecule is CC1NS(=O)(=O)N(c2cnn3c2CN(C(=O)Nc2cc(F)c(F)c(F)c2)[C@@H](C)C3)[C@H]1C. The van der Waals surface area contributed by atoms with E-state index in [9.17, 15) is 26.4 Å². The molecule has 0 radical (unpaired) electrons. The van der Waals surface area contributed by atoms with Crippen molar-refractivity contribution < 1.29 is 26.4 Å². The highest BCUT2D eigenvalue weighted by Crippen LogP contribution is 2.33. The Bertz CT molecular complexity index is 1130. The van der Waals surface area contributed by atoms with E-state index in [1.165, 1.54) is 15.4 Å². The number of rotatable bonds is 2. The Hall–Kier alpha value is -2.80. The van der Waals surface area contributed by atoms with Crippen LogP contribution >= 0.6 is 0 Å². The first-order chi connectivity index (χ1) is 14.5. The Balaban J connectivity index is 1.61. The Morgan fingerprint density at radius 2 is 1.84 bits per heavy atom. The molecule has 0 spiro atoms. The molecular weight excluding hydrogens is 437 g/mol. The van der Waals surface area contributed by atoms with Crippen LogP contribution in [0.5, 0.6) is 0 Å². The molecule has 4 rings (SSSR count). The van der Waals surface area contributed by atoms with Crippen molar-refractivity contribution in [3.8, 4) is 0 Å². The molecule has 0 bridgehead atoms. The Morgan fingerprint density at radius 1 is 1.19 bits per heavy atom. The minimum Gasteiger partial charge on any atom is -0.314 e. The summed E-state index contributed by atoms with van der Waals surface area (Å²) in [5.41, 5.74) is 0.630. The van der Waals surface area contributed by atoms with Gasteiger partial charge in [0.15, 0.2) is 17.5 Å². The van der Waals surface area contributed by atoms with E-state index < -0.39 is 33.7 Å². The number of benzene rings is 1. The third kappa shape index (κ3) is 3.61. The maximum Gasteiger partial charge on any atom is 0.322 e. The molecule has 0 saturated carbocycles. The molecule has 2 N–H and O–H groups in total. The second kappa shape index (κ2) is 7.41. The van der Waals surface area contributed by atoms with Gasteiger partial charge in [-0.3, -0.25) is 4.68 Å². The predicted octanol–water partition coefficient (Wildman–Crippen LogP) is 2.17. The van der Waals surface area contributed by atoms with Crippen molar-refractivity contribution in [2.45, 2.75) is 52.0 Å². The zero-order valence-electron chi connectivity index (χ0n) is 16.9. The first kappa shape index (κ1) is 21.4. The quantitative estimate of drug-likeness (QED) is 0.674. The maximum atomic E-state index is 13.5. The molecule has 168 valence electrons. The highest BCUT2D eigenvalue weighted by atomic mass is 32.2. The van der Waals surface area contributed by atoms with Crippen LogP contribution in [0.4, 0.5) is 29.3 Å². The van der Waals surface area contributed by atoms with Gasteiger partial charge >= 0.3 is 16.2 Å². The van der Waals surface area contributed by atoms with Crippen LogP contribution in [0.2, 0.25) is 0 Å². The van der Waals surface area contributed by atoms with Crippen LogP contribution in [0.1, 0.15) is 26.5 Å². The molecule has 2 aromatic rings. The number of anilines is 2. The van der Waals surface area contributed by atoms with E-state index in [-0.39, 0.29) is 30.4 Å². The largest absolute Gasteiger partial charge is 0.322 e. The lowest BCUT2D eigenvalue weighted by molar-refractivity contribution is 0.161. The number of amides is 2. The summed E-state index contributed by atoms with van der Waals surface area (Å²) in [4.78, 5) is 14.2. The van der Waals surface area contributed by atoms with E-state index in [0.29, 0.717) is 30.1 Å². The average molecular weight is 458 g/mol. The number of aromatic nitrogens is 2. The molecule has 2 amide bonds. The van der Waals surface area contributed by atoms with Gasteiger partial charge in [0, 0.05) is 23.9 Å². The number of urea groups is 1. The molecule has 1 unspecified atom stereocenters. The summed E-state index contributed by atoms with van der Waals surface area (Å²) in [6, 6.07) is -0.324.